The quantitative estimate of drug-likeness (QED) is 0.668. The van der Waals surface area contributed by atoms with Gasteiger partial charge in [-0.15, -0.1) is 0 Å². The smallest absolute Gasteiger partial charge is 0.431 e. The highest BCUT2D eigenvalue weighted by atomic mass is 19.4. The number of nitrogens with one attached hydrogen (secondary N) is 1. The molecule has 3 N–H and O–H groups in total. The number of alkyl halides is 5. The van der Waals surface area contributed by atoms with Gasteiger partial charge >= 0.3 is 12.1 Å². The van der Waals surface area contributed by atoms with Gasteiger partial charge in [0.05, 0.1) is 6.61 Å². The predicted molar refractivity (Wildman–Crippen MR) is 99.5 cm³/mol. The summed E-state index contributed by atoms with van der Waals surface area (Å²) in [6, 6.07) is 6.05. The molecule has 0 unspecified atom stereocenters. The van der Waals surface area contributed by atoms with Crippen molar-refractivity contribution in [2.75, 3.05) is 13.2 Å². The summed E-state index contributed by atoms with van der Waals surface area (Å²) in [6.45, 7) is 1.05. The number of nitrogens with two attached hydrogens (primary N) is 1. The molecular formula is C20H17F5N2O5. The van der Waals surface area contributed by atoms with Crippen LogP contribution in [0.3, 0.4) is 0 Å². The Morgan fingerprint density at radius 2 is 1.94 bits per heavy atom. The van der Waals surface area contributed by atoms with Crippen LogP contribution in [0, 0.1) is 0 Å². The molecule has 12 heteroatoms. The van der Waals surface area contributed by atoms with E-state index in [4.69, 9.17) is 19.9 Å². The third kappa shape index (κ3) is 3.62. The summed E-state index contributed by atoms with van der Waals surface area (Å²) >= 11 is 0. The van der Waals surface area contributed by atoms with E-state index in [1.165, 1.54) is 31.2 Å². The number of aromatic nitrogens is 1. The normalized spacial score (nSPS) is 26.3. The fourth-order valence-electron chi connectivity index (χ4n) is 3.63. The number of carbonyl (C=O) groups is 1. The third-order valence-electron chi connectivity index (χ3n) is 5.46. The average Bonchev–Trinajstić information content (AvgIpc) is 3.16. The van der Waals surface area contributed by atoms with Gasteiger partial charge in [-0.1, -0.05) is 12.1 Å². The highest BCUT2D eigenvalue weighted by molar-refractivity contribution is 5.94. The second kappa shape index (κ2) is 7.27. The molecule has 7 nitrogen and oxygen atoms in total. The largest absolute Gasteiger partial charge is 0.491 e. The Morgan fingerprint density at radius 1 is 1.28 bits per heavy atom. The zero-order valence-corrected chi connectivity index (χ0v) is 16.5. The molecule has 32 heavy (non-hydrogen) atoms. The number of hydrogen-bond acceptors (Lipinski definition) is 5. The highest BCUT2D eigenvalue weighted by Gasteiger charge is 2.83. The van der Waals surface area contributed by atoms with Crippen LogP contribution in [0.4, 0.5) is 22.0 Å². The van der Waals surface area contributed by atoms with Gasteiger partial charge in [0, 0.05) is 5.56 Å². The minimum atomic E-state index is -4.89. The molecule has 2 aromatic rings. The second-order valence-corrected chi connectivity index (χ2v) is 7.68. The van der Waals surface area contributed by atoms with Crippen LogP contribution in [0.25, 0.3) is 11.1 Å². The molecule has 0 radical (unpaired) electrons. The summed E-state index contributed by atoms with van der Waals surface area (Å²) in [5.41, 5.74) is -0.242. The first-order chi connectivity index (χ1) is 14.8. The van der Waals surface area contributed by atoms with E-state index in [0.717, 1.165) is 6.07 Å². The average molecular weight is 460 g/mol. The molecular weight excluding hydrogens is 443 g/mol. The lowest BCUT2D eigenvalue weighted by Crippen LogP contribution is -2.39. The number of primary amides is 1. The molecule has 1 aromatic carbocycles. The summed E-state index contributed by atoms with van der Waals surface area (Å²) in [7, 11) is 0. The van der Waals surface area contributed by atoms with Crippen LogP contribution < -0.4 is 16.0 Å². The molecule has 1 aliphatic carbocycles. The van der Waals surface area contributed by atoms with Crippen LogP contribution in [0.5, 0.6) is 5.75 Å². The molecule has 1 saturated carbocycles. The molecule has 2 heterocycles. The molecule has 1 aliphatic heterocycles. The fourth-order valence-corrected chi connectivity index (χ4v) is 3.63. The van der Waals surface area contributed by atoms with Gasteiger partial charge in [-0.3, -0.25) is 9.59 Å². The van der Waals surface area contributed by atoms with Gasteiger partial charge in [0.15, 0.2) is 11.7 Å². The van der Waals surface area contributed by atoms with Crippen LogP contribution in [-0.2, 0) is 15.7 Å². The maximum atomic E-state index is 13.6. The summed E-state index contributed by atoms with van der Waals surface area (Å²) < 4.78 is 83.4. The van der Waals surface area contributed by atoms with Crippen molar-refractivity contribution in [2.45, 2.75) is 36.8 Å². The molecule has 172 valence electrons. The van der Waals surface area contributed by atoms with Gasteiger partial charge < -0.3 is 24.9 Å². The number of carbonyl (C=O) groups excluding carboxylic acids is 1. The number of halogens is 5. The third-order valence-corrected chi connectivity index (χ3v) is 5.46. The van der Waals surface area contributed by atoms with Crippen LogP contribution in [0.2, 0.25) is 0 Å². The SMILES string of the molecule is C[C@@]12O[C@H](COc3ccc(-c4cc(C(N)=O)c(=O)[nH]c4C(F)(F)F)cc3)CO[C@@H]1C2(F)F. The van der Waals surface area contributed by atoms with E-state index in [0.29, 0.717) is 0 Å². The number of amides is 1. The van der Waals surface area contributed by atoms with Crippen LogP contribution >= 0.6 is 0 Å². The summed E-state index contributed by atoms with van der Waals surface area (Å²) in [4.78, 5) is 24.8. The number of fused-ring (bicyclic) bond motifs is 1. The Kier molecular flexibility index (Phi) is 5.05. The van der Waals surface area contributed by atoms with E-state index in [1.807, 2.05) is 0 Å². The van der Waals surface area contributed by atoms with Crippen LogP contribution in [0.1, 0.15) is 23.0 Å². The Morgan fingerprint density at radius 3 is 2.50 bits per heavy atom. The van der Waals surface area contributed by atoms with Gasteiger partial charge in [0.1, 0.15) is 29.7 Å². The van der Waals surface area contributed by atoms with Gasteiger partial charge in [-0.05, 0) is 30.7 Å². The molecule has 4 rings (SSSR count). The number of aromatic amines is 1. The minimum absolute atomic E-state index is 0.0358. The zero-order chi connectivity index (χ0) is 23.5. The topological polar surface area (TPSA) is 104 Å². The van der Waals surface area contributed by atoms with Crippen molar-refractivity contribution < 1.29 is 41.0 Å². The lowest BCUT2D eigenvalue weighted by molar-refractivity contribution is -0.149. The van der Waals surface area contributed by atoms with E-state index in [2.05, 4.69) is 0 Å². The highest BCUT2D eigenvalue weighted by Crippen LogP contribution is 2.59. The van der Waals surface area contributed by atoms with E-state index < -0.39 is 58.2 Å². The molecule has 0 spiro atoms. The molecule has 3 atom stereocenters. The van der Waals surface area contributed by atoms with E-state index in [-0.39, 0.29) is 24.5 Å². The number of ether oxygens (including phenoxy) is 3. The predicted octanol–water partition coefficient (Wildman–Crippen LogP) is 2.73. The molecule has 2 fully saturated rings. The van der Waals surface area contributed by atoms with E-state index >= 15 is 0 Å². The Labute approximate surface area is 177 Å². The van der Waals surface area contributed by atoms with Crippen LogP contribution in [-0.4, -0.2) is 47.8 Å². The molecule has 1 amide bonds. The summed E-state index contributed by atoms with van der Waals surface area (Å²) in [6.07, 6.45) is -6.92. The van der Waals surface area contributed by atoms with Gasteiger partial charge in [0.2, 0.25) is 0 Å². The Bertz CT molecular complexity index is 1110. The first kappa shape index (κ1) is 22.2. The van der Waals surface area contributed by atoms with Crippen molar-refractivity contribution in [3.63, 3.8) is 0 Å². The van der Waals surface area contributed by atoms with Crippen molar-refractivity contribution in [2.24, 2.45) is 5.73 Å². The van der Waals surface area contributed by atoms with Crippen molar-refractivity contribution >= 4 is 5.91 Å². The fraction of sp³-hybridized carbons (Fsp3) is 0.400. The Balaban J connectivity index is 1.51. The number of H-pyrrole nitrogens is 1. The number of rotatable bonds is 5. The maximum Gasteiger partial charge on any atom is 0.431 e. The molecule has 0 bridgehead atoms. The van der Waals surface area contributed by atoms with Crippen molar-refractivity contribution in [3.8, 4) is 16.9 Å². The molecule has 1 saturated heterocycles. The standard InChI is InChI=1S/C20H17F5N2O5/c1-18-17(19(18,21)22)31-8-11(32-18)7-30-10-4-2-9(3-5-10)12-6-13(15(26)28)16(29)27-14(12)20(23,24)25/h2-6,11,17H,7-8H2,1H3,(H2,26,28)(H,27,29)/t11-,17+,18-/m1/s1. The number of hydrogen-bond donors (Lipinski definition) is 2. The van der Waals surface area contributed by atoms with E-state index in [9.17, 15) is 31.5 Å². The van der Waals surface area contributed by atoms with Crippen molar-refractivity contribution in [3.05, 3.63) is 51.9 Å². The first-order valence-electron chi connectivity index (χ1n) is 9.39. The summed E-state index contributed by atoms with van der Waals surface area (Å²) in [5, 5.41) is 0. The molecule has 1 aromatic heterocycles. The van der Waals surface area contributed by atoms with Crippen molar-refractivity contribution in [1.29, 1.82) is 0 Å². The zero-order valence-electron chi connectivity index (χ0n) is 16.5. The summed E-state index contributed by atoms with van der Waals surface area (Å²) in [5.74, 6) is -4.01. The minimum Gasteiger partial charge on any atom is -0.491 e. The van der Waals surface area contributed by atoms with E-state index in [1.54, 1.807) is 4.98 Å². The lowest BCUT2D eigenvalue weighted by atomic mass is 10.0. The van der Waals surface area contributed by atoms with Crippen molar-refractivity contribution in [1.82, 2.24) is 4.98 Å². The number of benzene rings is 1. The first-order valence-corrected chi connectivity index (χ1v) is 9.39. The van der Waals surface area contributed by atoms with Crippen LogP contribution in [0.15, 0.2) is 35.1 Å². The van der Waals surface area contributed by atoms with Gasteiger partial charge in [-0.25, -0.2) is 8.78 Å². The van der Waals surface area contributed by atoms with Gasteiger partial charge in [-0.2, -0.15) is 13.2 Å². The maximum absolute atomic E-state index is 13.6. The second-order valence-electron chi connectivity index (χ2n) is 7.68. The number of pyridine rings is 1. The molecule has 2 aliphatic rings. The monoisotopic (exact) mass is 460 g/mol. The lowest BCUT2D eigenvalue weighted by Gasteiger charge is -2.26. The van der Waals surface area contributed by atoms with Gasteiger partial charge in [0.25, 0.3) is 11.5 Å². The Hall–Kier alpha value is -2.99.